The van der Waals surface area contributed by atoms with E-state index in [2.05, 4.69) is 11.9 Å². The van der Waals surface area contributed by atoms with Crippen LogP contribution in [0.25, 0.3) is 0 Å². The first-order valence-electron chi connectivity index (χ1n) is 5.75. The molecule has 0 radical (unpaired) electrons. The minimum absolute atomic E-state index is 0.263. The summed E-state index contributed by atoms with van der Waals surface area (Å²) in [7, 11) is 0. The van der Waals surface area contributed by atoms with Crippen LogP contribution >= 0.6 is 0 Å². The molecule has 17 heavy (non-hydrogen) atoms. The van der Waals surface area contributed by atoms with Crippen LogP contribution in [-0.2, 0) is 13.0 Å². The number of hydrogen-bond acceptors (Lipinski definition) is 2. The van der Waals surface area contributed by atoms with Crippen molar-refractivity contribution >= 4 is 5.69 Å². The van der Waals surface area contributed by atoms with Crippen molar-refractivity contribution in [2.75, 3.05) is 5.73 Å². The van der Waals surface area contributed by atoms with Gasteiger partial charge in [0, 0.05) is 30.1 Å². The summed E-state index contributed by atoms with van der Waals surface area (Å²) in [5.74, 6) is 0.705. The van der Waals surface area contributed by atoms with E-state index in [0.717, 1.165) is 18.7 Å². The van der Waals surface area contributed by atoms with Crippen molar-refractivity contribution in [3.8, 4) is 0 Å². The van der Waals surface area contributed by atoms with Gasteiger partial charge in [0.15, 0.2) is 0 Å². The Labute approximate surface area is 100 Å². The number of nitrogen functional groups attached to an aromatic ring is 1. The number of hydrogen-bond donors (Lipinski definition) is 1. The van der Waals surface area contributed by atoms with E-state index >= 15 is 0 Å². The lowest BCUT2D eigenvalue weighted by Gasteiger charge is -2.10. The second-order valence-electron chi connectivity index (χ2n) is 4.03. The van der Waals surface area contributed by atoms with Gasteiger partial charge in [0.1, 0.15) is 11.6 Å². The Morgan fingerprint density at radius 3 is 2.94 bits per heavy atom. The maximum atomic E-state index is 13.6. The van der Waals surface area contributed by atoms with Gasteiger partial charge in [-0.1, -0.05) is 13.0 Å². The third-order valence-electron chi connectivity index (χ3n) is 2.76. The average Bonchev–Trinajstić information content (AvgIpc) is 2.72. The van der Waals surface area contributed by atoms with Crippen LogP contribution in [0, 0.1) is 5.82 Å². The van der Waals surface area contributed by atoms with Gasteiger partial charge in [-0.2, -0.15) is 0 Å². The number of rotatable bonds is 4. The number of nitrogens with two attached hydrogens (primary N) is 1. The highest BCUT2D eigenvalue weighted by molar-refractivity contribution is 5.47. The summed E-state index contributed by atoms with van der Waals surface area (Å²) in [4.78, 5) is 4.26. The van der Waals surface area contributed by atoms with Gasteiger partial charge in [-0.3, -0.25) is 0 Å². The van der Waals surface area contributed by atoms with Crippen LogP contribution in [0.5, 0.6) is 0 Å². The van der Waals surface area contributed by atoms with Gasteiger partial charge >= 0.3 is 0 Å². The van der Waals surface area contributed by atoms with Gasteiger partial charge in [-0.25, -0.2) is 9.37 Å². The van der Waals surface area contributed by atoms with Gasteiger partial charge in [0.05, 0.1) is 6.54 Å². The molecule has 0 aliphatic rings. The van der Waals surface area contributed by atoms with Crippen LogP contribution in [0.3, 0.4) is 0 Å². The molecule has 2 aromatic rings. The Morgan fingerprint density at radius 1 is 1.41 bits per heavy atom. The van der Waals surface area contributed by atoms with Crippen LogP contribution in [0.1, 0.15) is 24.7 Å². The molecule has 3 nitrogen and oxygen atoms in total. The van der Waals surface area contributed by atoms with Gasteiger partial charge in [-0.05, 0) is 18.6 Å². The molecule has 0 saturated carbocycles. The van der Waals surface area contributed by atoms with E-state index in [0.29, 0.717) is 17.8 Å². The summed E-state index contributed by atoms with van der Waals surface area (Å²) in [6.45, 7) is 2.53. The Morgan fingerprint density at radius 2 is 2.24 bits per heavy atom. The normalized spacial score (nSPS) is 10.7. The van der Waals surface area contributed by atoms with Gasteiger partial charge in [0.2, 0.25) is 0 Å². The van der Waals surface area contributed by atoms with Crippen molar-refractivity contribution in [1.82, 2.24) is 9.55 Å². The quantitative estimate of drug-likeness (QED) is 0.825. The van der Waals surface area contributed by atoms with Crippen LogP contribution in [-0.4, -0.2) is 9.55 Å². The molecule has 0 aliphatic carbocycles. The summed E-state index contributed by atoms with van der Waals surface area (Å²) in [6.07, 6.45) is 5.50. The third-order valence-corrected chi connectivity index (χ3v) is 2.76. The monoisotopic (exact) mass is 233 g/mol. The Balaban J connectivity index is 2.28. The largest absolute Gasteiger partial charge is 0.398 e. The fourth-order valence-corrected chi connectivity index (χ4v) is 1.85. The molecule has 0 saturated heterocycles. The molecular weight excluding hydrogens is 217 g/mol. The molecule has 0 spiro atoms. The fraction of sp³-hybridized carbons (Fsp3) is 0.308. The van der Waals surface area contributed by atoms with Crippen LogP contribution < -0.4 is 5.73 Å². The number of halogens is 1. The number of imidazole rings is 1. The summed E-state index contributed by atoms with van der Waals surface area (Å²) in [5, 5.41) is 0. The van der Waals surface area contributed by atoms with Crippen LogP contribution in [0.15, 0.2) is 30.6 Å². The number of benzene rings is 1. The number of nitrogens with zero attached hydrogens (tertiary/aromatic N) is 2. The average molecular weight is 233 g/mol. The Kier molecular flexibility index (Phi) is 3.42. The maximum Gasteiger partial charge on any atom is 0.130 e. The highest BCUT2D eigenvalue weighted by Crippen LogP contribution is 2.17. The molecule has 0 atom stereocenters. The Hall–Kier alpha value is -1.84. The standard InChI is InChI=1S/C13H16FN3/c1-2-4-13-16-7-8-17(13)9-10-11(14)5-3-6-12(10)15/h3,5-8H,2,4,9,15H2,1H3. The molecule has 1 heterocycles. The molecule has 2 N–H and O–H groups in total. The van der Waals surface area contributed by atoms with Crippen molar-refractivity contribution in [3.63, 3.8) is 0 Å². The number of aryl methyl sites for hydroxylation is 1. The molecule has 4 heteroatoms. The van der Waals surface area contributed by atoms with E-state index in [1.54, 1.807) is 18.3 Å². The van der Waals surface area contributed by atoms with Crippen molar-refractivity contribution in [1.29, 1.82) is 0 Å². The smallest absolute Gasteiger partial charge is 0.130 e. The number of aromatic nitrogens is 2. The zero-order valence-corrected chi connectivity index (χ0v) is 9.86. The molecule has 90 valence electrons. The first-order valence-corrected chi connectivity index (χ1v) is 5.75. The lowest BCUT2D eigenvalue weighted by molar-refractivity contribution is 0.594. The second kappa shape index (κ2) is 4.99. The van der Waals surface area contributed by atoms with Crippen molar-refractivity contribution in [2.45, 2.75) is 26.3 Å². The molecule has 0 bridgehead atoms. The van der Waals surface area contributed by atoms with E-state index in [1.807, 2.05) is 10.8 Å². The Bertz CT molecular complexity index is 485. The van der Waals surface area contributed by atoms with Crippen molar-refractivity contribution < 1.29 is 4.39 Å². The second-order valence-corrected chi connectivity index (χ2v) is 4.03. The zero-order chi connectivity index (χ0) is 12.3. The van der Waals surface area contributed by atoms with E-state index in [9.17, 15) is 4.39 Å². The summed E-state index contributed by atoms with van der Waals surface area (Å²) in [5.41, 5.74) is 6.81. The first kappa shape index (κ1) is 11.6. The van der Waals surface area contributed by atoms with E-state index in [1.165, 1.54) is 6.07 Å². The van der Waals surface area contributed by atoms with Crippen LogP contribution in [0.2, 0.25) is 0 Å². The molecule has 1 aromatic heterocycles. The molecule has 0 fully saturated rings. The highest BCUT2D eigenvalue weighted by atomic mass is 19.1. The summed E-state index contributed by atoms with van der Waals surface area (Å²) in [6, 6.07) is 4.77. The SMILES string of the molecule is CCCc1nccn1Cc1c(N)cccc1F. The minimum atomic E-state index is -0.263. The molecular formula is C13H16FN3. The van der Waals surface area contributed by atoms with E-state index < -0.39 is 0 Å². The third kappa shape index (κ3) is 2.46. The topological polar surface area (TPSA) is 43.8 Å². The summed E-state index contributed by atoms with van der Waals surface area (Å²) >= 11 is 0. The predicted molar refractivity (Wildman–Crippen MR) is 66.1 cm³/mol. The van der Waals surface area contributed by atoms with Gasteiger partial charge in [-0.15, -0.1) is 0 Å². The van der Waals surface area contributed by atoms with Crippen molar-refractivity contribution in [2.24, 2.45) is 0 Å². The summed E-state index contributed by atoms with van der Waals surface area (Å²) < 4.78 is 15.6. The van der Waals surface area contributed by atoms with Crippen molar-refractivity contribution in [3.05, 3.63) is 47.8 Å². The van der Waals surface area contributed by atoms with E-state index in [4.69, 9.17) is 5.73 Å². The van der Waals surface area contributed by atoms with Crippen LogP contribution in [0.4, 0.5) is 10.1 Å². The molecule has 0 unspecified atom stereocenters. The number of anilines is 1. The fourth-order valence-electron chi connectivity index (χ4n) is 1.85. The van der Waals surface area contributed by atoms with E-state index in [-0.39, 0.29) is 5.82 Å². The molecule has 1 aromatic carbocycles. The lowest BCUT2D eigenvalue weighted by Crippen LogP contribution is -2.08. The molecule has 2 rings (SSSR count). The predicted octanol–water partition coefficient (Wildman–Crippen LogP) is 2.61. The molecule has 0 aliphatic heterocycles. The van der Waals surface area contributed by atoms with Gasteiger partial charge in [0.25, 0.3) is 0 Å². The van der Waals surface area contributed by atoms with Gasteiger partial charge < -0.3 is 10.3 Å². The lowest BCUT2D eigenvalue weighted by atomic mass is 10.1. The minimum Gasteiger partial charge on any atom is -0.398 e. The molecule has 0 amide bonds. The highest BCUT2D eigenvalue weighted by Gasteiger charge is 2.09. The zero-order valence-electron chi connectivity index (χ0n) is 9.86. The maximum absolute atomic E-state index is 13.6. The first-order chi connectivity index (χ1) is 8.22.